The van der Waals surface area contributed by atoms with Crippen LogP contribution < -0.4 is 5.56 Å². The maximum absolute atomic E-state index is 12.8. The van der Waals surface area contributed by atoms with E-state index in [2.05, 4.69) is 4.98 Å². The summed E-state index contributed by atoms with van der Waals surface area (Å²) in [4.78, 5) is 31.8. The molecule has 1 aromatic carbocycles. The number of nitrogens with zero attached hydrogens (tertiary/aromatic N) is 3. The van der Waals surface area contributed by atoms with Gasteiger partial charge >= 0.3 is 0 Å². The van der Waals surface area contributed by atoms with E-state index in [-0.39, 0.29) is 17.4 Å². The van der Waals surface area contributed by atoms with Crippen LogP contribution in [0.4, 0.5) is 0 Å². The van der Waals surface area contributed by atoms with E-state index < -0.39 is 6.04 Å². The second-order valence-electron chi connectivity index (χ2n) is 6.20. The zero-order chi connectivity index (χ0) is 15.7. The summed E-state index contributed by atoms with van der Waals surface area (Å²) < 4.78 is 1.51. The molecule has 0 radical (unpaired) electrons. The van der Waals surface area contributed by atoms with Crippen molar-refractivity contribution < 1.29 is 4.79 Å². The topological polar surface area (TPSA) is 55.2 Å². The molecule has 3 rings (SSSR count). The lowest BCUT2D eigenvalue weighted by atomic mass is 10.0. The maximum Gasteiger partial charge on any atom is 0.261 e. The zero-order valence-electron chi connectivity index (χ0n) is 13.0. The molecule has 0 spiro atoms. The molecule has 22 heavy (non-hydrogen) atoms. The Balaban J connectivity index is 2.07. The van der Waals surface area contributed by atoms with E-state index in [1.807, 2.05) is 36.9 Å². The van der Waals surface area contributed by atoms with Crippen molar-refractivity contribution in [2.45, 2.75) is 32.7 Å². The van der Waals surface area contributed by atoms with Gasteiger partial charge in [0, 0.05) is 13.1 Å². The van der Waals surface area contributed by atoms with Crippen molar-refractivity contribution in [1.82, 2.24) is 14.5 Å². The fourth-order valence-corrected chi connectivity index (χ4v) is 3.13. The molecule has 0 bridgehead atoms. The quantitative estimate of drug-likeness (QED) is 0.873. The van der Waals surface area contributed by atoms with Crippen molar-refractivity contribution in [2.75, 3.05) is 13.1 Å². The zero-order valence-corrected chi connectivity index (χ0v) is 13.0. The number of hydrogen-bond donors (Lipinski definition) is 0. The van der Waals surface area contributed by atoms with Gasteiger partial charge in [0.2, 0.25) is 5.91 Å². The number of aromatic nitrogens is 2. The normalized spacial score (nSPS) is 16.4. The number of carbonyl (C=O) groups excluding carboxylic acids is 1. The smallest absolute Gasteiger partial charge is 0.261 e. The first-order valence-corrected chi connectivity index (χ1v) is 7.84. The van der Waals surface area contributed by atoms with Gasteiger partial charge in [0.25, 0.3) is 5.56 Å². The third-order valence-electron chi connectivity index (χ3n) is 4.29. The van der Waals surface area contributed by atoms with Gasteiger partial charge in [-0.3, -0.25) is 14.2 Å². The molecule has 2 heterocycles. The summed E-state index contributed by atoms with van der Waals surface area (Å²) >= 11 is 0. The second kappa shape index (κ2) is 5.91. The molecule has 1 aliphatic rings. The highest BCUT2D eigenvalue weighted by Crippen LogP contribution is 2.22. The molecule has 0 aliphatic carbocycles. The van der Waals surface area contributed by atoms with Crippen LogP contribution in [0.5, 0.6) is 0 Å². The highest BCUT2D eigenvalue weighted by Gasteiger charge is 2.31. The molecule has 0 N–H and O–H groups in total. The van der Waals surface area contributed by atoms with Crippen LogP contribution in [0.2, 0.25) is 0 Å². The van der Waals surface area contributed by atoms with Crippen molar-refractivity contribution in [3.8, 4) is 0 Å². The first-order chi connectivity index (χ1) is 10.6. The number of likely N-dealkylation sites (tertiary alicyclic amines) is 1. The van der Waals surface area contributed by atoms with Gasteiger partial charge in [0.1, 0.15) is 6.04 Å². The van der Waals surface area contributed by atoms with Crippen LogP contribution in [0, 0.1) is 5.92 Å². The number of benzene rings is 1. The minimum absolute atomic E-state index is 0.0340. The highest BCUT2D eigenvalue weighted by atomic mass is 16.2. The minimum Gasteiger partial charge on any atom is -0.341 e. The number of fused-ring (bicyclic) bond motifs is 1. The Hall–Kier alpha value is -2.17. The third kappa shape index (κ3) is 2.51. The molecule has 2 aromatic rings. The minimum atomic E-state index is -0.484. The number of hydrogen-bond acceptors (Lipinski definition) is 3. The van der Waals surface area contributed by atoms with Crippen LogP contribution >= 0.6 is 0 Å². The summed E-state index contributed by atoms with van der Waals surface area (Å²) in [5.74, 6) is 0.0699. The monoisotopic (exact) mass is 299 g/mol. The molecule has 1 atom stereocenters. The van der Waals surface area contributed by atoms with E-state index >= 15 is 0 Å². The Bertz CT molecular complexity index is 745. The lowest BCUT2D eigenvalue weighted by Gasteiger charge is -2.27. The van der Waals surface area contributed by atoms with Crippen molar-refractivity contribution in [3.63, 3.8) is 0 Å². The summed E-state index contributed by atoms with van der Waals surface area (Å²) in [6.45, 7) is 5.52. The largest absolute Gasteiger partial charge is 0.341 e. The third-order valence-corrected chi connectivity index (χ3v) is 4.29. The predicted molar refractivity (Wildman–Crippen MR) is 85.7 cm³/mol. The summed E-state index contributed by atoms with van der Waals surface area (Å²) in [5, 5.41) is 0.560. The first-order valence-electron chi connectivity index (χ1n) is 7.84. The van der Waals surface area contributed by atoms with Crippen molar-refractivity contribution in [3.05, 3.63) is 40.9 Å². The average Bonchev–Trinajstić information content (AvgIpc) is 3.04. The van der Waals surface area contributed by atoms with E-state index in [0.29, 0.717) is 10.9 Å². The Morgan fingerprint density at radius 2 is 1.86 bits per heavy atom. The number of carbonyl (C=O) groups is 1. The lowest BCUT2D eigenvalue weighted by Crippen LogP contribution is -2.41. The maximum atomic E-state index is 12.8. The van der Waals surface area contributed by atoms with E-state index in [0.717, 1.165) is 25.9 Å². The SMILES string of the molecule is CC(C)C(C(=O)N1CCCC1)n1cnc2ccccc2c1=O. The molecule has 116 valence electrons. The second-order valence-corrected chi connectivity index (χ2v) is 6.20. The molecule has 0 saturated carbocycles. The van der Waals surface area contributed by atoms with Gasteiger partial charge in [-0.05, 0) is 30.9 Å². The van der Waals surface area contributed by atoms with Gasteiger partial charge in [-0.1, -0.05) is 26.0 Å². The Kier molecular flexibility index (Phi) is 3.96. The first kappa shape index (κ1) is 14.8. The van der Waals surface area contributed by atoms with E-state index in [1.165, 1.54) is 10.9 Å². The number of rotatable bonds is 3. The van der Waals surface area contributed by atoms with Crippen LogP contribution in [0.15, 0.2) is 35.4 Å². The van der Waals surface area contributed by atoms with E-state index in [9.17, 15) is 9.59 Å². The molecule has 1 aromatic heterocycles. The molecule has 5 heteroatoms. The van der Waals surface area contributed by atoms with Crippen molar-refractivity contribution in [1.29, 1.82) is 0 Å². The lowest BCUT2D eigenvalue weighted by molar-refractivity contribution is -0.135. The summed E-state index contributed by atoms with van der Waals surface area (Å²) in [5.41, 5.74) is 0.525. The molecule has 1 aliphatic heterocycles. The summed E-state index contributed by atoms with van der Waals surface area (Å²) in [6, 6.07) is 6.77. The predicted octanol–water partition coefficient (Wildman–Crippen LogP) is 2.22. The molecule has 1 amide bonds. The molecule has 1 unspecified atom stereocenters. The Morgan fingerprint density at radius 1 is 1.18 bits per heavy atom. The van der Waals surface area contributed by atoms with Gasteiger partial charge in [-0.15, -0.1) is 0 Å². The molecule has 1 fully saturated rings. The fraction of sp³-hybridized carbons (Fsp3) is 0.471. The molecular formula is C17H21N3O2. The highest BCUT2D eigenvalue weighted by molar-refractivity contribution is 5.82. The van der Waals surface area contributed by atoms with Gasteiger partial charge in [-0.25, -0.2) is 4.98 Å². The van der Waals surface area contributed by atoms with Gasteiger partial charge < -0.3 is 4.90 Å². The average molecular weight is 299 g/mol. The molecule has 5 nitrogen and oxygen atoms in total. The Morgan fingerprint density at radius 3 is 2.55 bits per heavy atom. The van der Waals surface area contributed by atoms with Crippen LogP contribution in [0.1, 0.15) is 32.7 Å². The summed E-state index contributed by atoms with van der Waals surface area (Å²) in [6.07, 6.45) is 3.60. The number of amides is 1. The molecule has 1 saturated heterocycles. The standard InChI is InChI=1S/C17H21N3O2/c1-12(2)15(17(22)19-9-5-6-10-19)20-11-18-14-8-4-3-7-13(14)16(20)21/h3-4,7-8,11-12,15H,5-6,9-10H2,1-2H3. The van der Waals surface area contributed by atoms with Crippen molar-refractivity contribution in [2.24, 2.45) is 5.92 Å². The van der Waals surface area contributed by atoms with E-state index in [4.69, 9.17) is 0 Å². The van der Waals surface area contributed by atoms with Gasteiger partial charge in [0.05, 0.1) is 17.2 Å². The van der Waals surface area contributed by atoms with Gasteiger partial charge in [-0.2, -0.15) is 0 Å². The van der Waals surface area contributed by atoms with E-state index in [1.54, 1.807) is 6.07 Å². The van der Waals surface area contributed by atoms with Crippen molar-refractivity contribution >= 4 is 16.8 Å². The Labute approximate surface area is 129 Å². The van der Waals surface area contributed by atoms with Crippen LogP contribution in [-0.2, 0) is 4.79 Å². The number of para-hydroxylation sites is 1. The van der Waals surface area contributed by atoms with Crippen LogP contribution in [0.3, 0.4) is 0 Å². The van der Waals surface area contributed by atoms with Crippen LogP contribution in [0.25, 0.3) is 10.9 Å². The summed E-state index contributed by atoms with van der Waals surface area (Å²) in [7, 11) is 0. The molecular weight excluding hydrogens is 278 g/mol. The van der Waals surface area contributed by atoms with Gasteiger partial charge in [0.15, 0.2) is 0 Å². The fourth-order valence-electron chi connectivity index (χ4n) is 3.13. The van der Waals surface area contributed by atoms with Crippen LogP contribution in [-0.4, -0.2) is 33.4 Å².